The van der Waals surface area contributed by atoms with Crippen LogP contribution in [0.15, 0.2) is 0 Å². The molecular weight excluding hydrogens is 264 g/mol. The Morgan fingerprint density at radius 3 is 0.733 bits per heavy atom. The summed E-state index contributed by atoms with van der Waals surface area (Å²) in [5, 5.41) is 0. The van der Waals surface area contributed by atoms with Crippen molar-refractivity contribution < 1.29 is 25.9 Å². The Morgan fingerprint density at radius 2 is 0.733 bits per heavy atom. The molecule has 0 unspecified atom stereocenters. The zero-order valence-corrected chi connectivity index (χ0v) is 12.1. The summed E-state index contributed by atoms with van der Waals surface area (Å²) in [6.07, 6.45) is 10.3. The van der Waals surface area contributed by atoms with Crippen molar-refractivity contribution >= 4 is 30.3 Å². The van der Waals surface area contributed by atoms with Gasteiger partial charge in [-0.2, -0.15) is 0 Å². The SMILES string of the molecule is C[S+](C)(C)=O.C[S+](C)(C)=O.O=S(=O)([O-])[O-]. The second kappa shape index (κ2) is 7.44. The third kappa shape index (κ3) is 72600. The first-order valence-corrected chi connectivity index (χ1v) is 10.3. The second-order valence-corrected chi connectivity index (χ2v) is 11.6. The predicted octanol–water partition coefficient (Wildman–Crippen LogP) is -0.587. The predicted molar refractivity (Wildman–Crippen MR) is 62.1 cm³/mol. The Hall–Kier alpha value is 0.170. The van der Waals surface area contributed by atoms with Crippen LogP contribution in [0.3, 0.4) is 0 Å². The largest absolute Gasteiger partial charge is 0.759 e. The Balaban J connectivity index is -0.000000144. The fourth-order valence-corrected chi connectivity index (χ4v) is 0. The van der Waals surface area contributed by atoms with Gasteiger partial charge in [0.05, 0.1) is 19.9 Å². The van der Waals surface area contributed by atoms with Crippen molar-refractivity contribution in [1.82, 2.24) is 0 Å². The minimum atomic E-state index is -5.17. The minimum absolute atomic E-state index is 1.42. The lowest BCUT2D eigenvalue weighted by Gasteiger charge is -2.06. The van der Waals surface area contributed by atoms with Gasteiger partial charge in [-0.1, -0.05) is 0 Å². The van der Waals surface area contributed by atoms with Gasteiger partial charge in [-0.25, -0.2) is 0 Å². The Morgan fingerprint density at radius 1 is 0.733 bits per heavy atom. The van der Waals surface area contributed by atoms with Crippen molar-refractivity contribution in [2.45, 2.75) is 0 Å². The highest BCUT2D eigenvalue weighted by Gasteiger charge is 1.95. The molecule has 0 atom stereocenters. The molecule has 0 aliphatic rings. The molecule has 0 bridgehead atoms. The lowest BCUT2D eigenvalue weighted by molar-refractivity contribution is 0.352. The van der Waals surface area contributed by atoms with E-state index in [1.165, 1.54) is 0 Å². The standard InChI is InChI=1S/2C3H9OS.H2O4S/c3*1-5(2,3)4/h2*1-3H3;(H2,1,2,3,4)/q2*+1;/p-2. The van der Waals surface area contributed by atoms with Crippen molar-refractivity contribution in [2.24, 2.45) is 0 Å². The molecule has 0 fully saturated rings. The molecule has 0 aliphatic heterocycles. The first-order valence-electron chi connectivity index (χ1n) is 3.45. The molecule has 0 saturated heterocycles. The molecule has 0 aromatic heterocycles. The summed E-state index contributed by atoms with van der Waals surface area (Å²) in [7, 11) is -8.00. The molecule has 0 amide bonds. The Labute approximate surface area is 93.9 Å². The van der Waals surface area contributed by atoms with E-state index in [1.54, 1.807) is 37.5 Å². The summed E-state index contributed by atoms with van der Waals surface area (Å²) in [6.45, 7) is 0. The van der Waals surface area contributed by atoms with Crippen LogP contribution < -0.4 is 0 Å². The Kier molecular flexibility index (Phi) is 10.2. The molecule has 0 aromatic rings. The van der Waals surface area contributed by atoms with Gasteiger partial charge in [0, 0.05) is 10.4 Å². The topological polar surface area (TPSA) is 114 Å². The zero-order valence-electron chi connectivity index (χ0n) is 9.67. The van der Waals surface area contributed by atoms with Gasteiger partial charge in [0.15, 0.2) is 0 Å². The van der Waals surface area contributed by atoms with Gasteiger partial charge in [-0.15, -0.1) is 8.42 Å². The zero-order chi connectivity index (χ0) is 13.5. The molecule has 0 rings (SSSR count). The van der Waals surface area contributed by atoms with Crippen molar-refractivity contribution in [3.05, 3.63) is 0 Å². The van der Waals surface area contributed by atoms with E-state index in [0.29, 0.717) is 0 Å². The third-order valence-corrected chi connectivity index (χ3v) is 0. The fourth-order valence-electron chi connectivity index (χ4n) is 0. The minimum Gasteiger partial charge on any atom is -0.759 e. The van der Waals surface area contributed by atoms with Gasteiger partial charge in [-0.05, 0) is 0 Å². The number of hydrogen-bond donors (Lipinski definition) is 0. The number of hydrogen-bond acceptors (Lipinski definition) is 6. The Bertz CT molecular complexity index is 287. The molecule has 6 nitrogen and oxygen atoms in total. The van der Waals surface area contributed by atoms with Crippen LogP contribution >= 0.6 is 0 Å². The summed E-state index contributed by atoms with van der Waals surface area (Å²) < 4.78 is 54.5. The van der Waals surface area contributed by atoms with E-state index in [-0.39, 0.29) is 0 Å². The molecule has 15 heavy (non-hydrogen) atoms. The van der Waals surface area contributed by atoms with Gasteiger partial charge < -0.3 is 9.11 Å². The normalized spacial score (nSPS) is 11.7. The van der Waals surface area contributed by atoms with E-state index in [0.717, 1.165) is 0 Å². The molecule has 9 heteroatoms. The van der Waals surface area contributed by atoms with Gasteiger partial charge in [0.25, 0.3) is 0 Å². The van der Waals surface area contributed by atoms with E-state index in [1.807, 2.05) is 0 Å². The molecular formula is C6H18O6S3. The maximum absolute atomic E-state index is 10.2. The van der Waals surface area contributed by atoms with Crippen LogP contribution in [-0.2, 0) is 38.7 Å². The van der Waals surface area contributed by atoms with Crippen LogP contribution in [0.5, 0.6) is 0 Å². The van der Waals surface area contributed by atoms with Gasteiger partial charge >= 0.3 is 0 Å². The maximum atomic E-state index is 10.2. The first-order chi connectivity index (χ1) is 6.00. The molecule has 0 N–H and O–H groups in total. The van der Waals surface area contributed by atoms with Crippen molar-refractivity contribution in [3.63, 3.8) is 0 Å². The smallest absolute Gasteiger partial charge is 0.101 e. The van der Waals surface area contributed by atoms with Gasteiger partial charge in [0.1, 0.15) is 37.5 Å². The molecule has 0 spiro atoms. The summed E-state index contributed by atoms with van der Waals surface area (Å²) >= 11 is 0. The average molecular weight is 282 g/mol. The van der Waals surface area contributed by atoms with Gasteiger partial charge in [-0.3, -0.25) is 8.42 Å². The highest BCUT2D eigenvalue weighted by atomic mass is 32.3. The first kappa shape index (κ1) is 20.6. The molecule has 0 saturated carbocycles. The van der Waals surface area contributed by atoms with Crippen LogP contribution in [0.4, 0.5) is 0 Å². The van der Waals surface area contributed by atoms with E-state index in [4.69, 9.17) is 17.5 Å². The second-order valence-electron chi connectivity index (χ2n) is 3.86. The van der Waals surface area contributed by atoms with E-state index in [2.05, 4.69) is 0 Å². The number of rotatable bonds is 0. The highest BCUT2D eigenvalue weighted by Crippen LogP contribution is 1.78. The summed E-state index contributed by atoms with van der Waals surface area (Å²) in [5.74, 6) is 0. The molecule has 0 aliphatic carbocycles. The van der Waals surface area contributed by atoms with Crippen molar-refractivity contribution in [3.8, 4) is 0 Å². The maximum Gasteiger partial charge on any atom is 0.101 e. The molecule has 0 heterocycles. The lowest BCUT2D eigenvalue weighted by Crippen LogP contribution is -1.97. The van der Waals surface area contributed by atoms with E-state index in [9.17, 15) is 8.42 Å². The quantitative estimate of drug-likeness (QED) is 0.333. The fraction of sp³-hybridized carbons (Fsp3) is 1.00. The van der Waals surface area contributed by atoms with Crippen LogP contribution in [-0.4, -0.2) is 55.1 Å². The summed E-state index contributed by atoms with van der Waals surface area (Å²) in [6, 6.07) is 0. The van der Waals surface area contributed by atoms with Crippen LogP contribution in [0, 0.1) is 0 Å². The van der Waals surface area contributed by atoms with E-state index < -0.39 is 30.3 Å². The van der Waals surface area contributed by atoms with Gasteiger partial charge in [0.2, 0.25) is 0 Å². The van der Waals surface area contributed by atoms with Crippen LogP contribution in [0.1, 0.15) is 0 Å². The average Bonchev–Trinajstić information content (AvgIpc) is 1.41. The van der Waals surface area contributed by atoms with Crippen molar-refractivity contribution in [2.75, 3.05) is 37.5 Å². The summed E-state index contributed by atoms with van der Waals surface area (Å²) in [5.41, 5.74) is 0. The molecule has 0 radical (unpaired) electrons. The van der Waals surface area contributed by atoms with Crippen LogP contribution in [0.2, 0.25) is 0 Å². The third-order valence-electron chi connectivity index (χ3n) is 0. The molecule has 96 valence electrons. The van der Waals surface area contributed by atoms with E-state index >= 15 is 0 Å². The van der Waals surface area contributed by atoms with Crippen LogP contribution in [0.25, 0.3) is 0 Å². The molecule has 0 aromatic carbocycles. The lowest BCUT2D eigenvalue weighted by atomic mass is 11.9. The monoisotopic (exact) mass is 282 g/mol. The highest BCUT2D eigenvalue weighted by molar-refractivity contribution is 8.01. The van der Waals surface area contributed by atoms with Crippen molar-refractivity contribution in [1.29, 1.82) is 0 Å². The summed E-state index contributed by atoms with van der Waals surface area (Å²) in [4.78, 5) is 0.